The third-order valence-electron chi connectivity index (χ3n) is 5.64. The summed E-state index contributed by atoms with van der Waals surface area (Å²) >= 11 is 6.37. The predicted molar refractivity (Wildman–Crippen MR) is 109 cm³/mol. The van der Waals surface area contributed by atoms with Crippen LogP contribution in [0.25, 0.3) is 0 Å². The van der Waals surface area contributed by atoms with Crippen LogP contribution in [-0.2, 0) is 0 Å². The van der Waals surface area contributed by atoms with Gasteiger partial charge in [0.1, 0.15) is 11.9 Å². The molecular formula is C22H25ClN2O4. The number of piperidine rings is 1. The normalized spacial score (nSPS) is 18.0. The molecule has 0 bridgehead atoms. The zero-order chi connectivity index (χ0) is 20.2. The lowest BCUT2D eigenvalue weighted by Gasteiger charge is -2.31. The van der Waals surface area contributed by atoms with Gasteiger partial charge in [0.2, 0.25) is 0 Å². The summed E-state index contributed by atoms with van der Waals surface area (Å²) < 4.78 is 11.2. The van der Waals surface area contributed by atoms with E-state index in [1.807, 2.05) is 0 Å². The zero-order valence-corrected chi connectivity index (χ0v) is 17.0. The highest BCUT2D eigenvalue weighted by Gasteiger charge is 2.26. The van der Waals surface area contributed by atoms with E-state index in [9.17, 15) is 9.59 Å². The van der Waals surface area contributed by atoms with Gasteiger partial charge in [-0.2, -0.15) is 0 Å². The Morgan fingerprint density at radius 1 is 1.10 bits per heavy atom. The third-order valence-corrected chi connectivity index (χ3v) is 5.93. The van der Waals surface area contributed by atoms with E-state index in [-0.39, 0.29) is 24.0 Å². The van der Waals surface area contributed by atoms with E-state index in [2.05, 4.69) is 5.32 Å². The summed E-state index contributed by atoms with van der Waals surface area (Å²) in [6, 6.07) is 8.83. The number of rotatable bonds is 5. The molecule has 2 aromatic rings. The molecule has 2 fully saturated rings. The molecule has 7 heteroatoms. The third kappa shape index (κ3) is 4.75. The van der Waals surface area contributed by atoms with Crippen LogP contribution in [0.2, 0.25) is 5.02 Å². The van der Waals surface area contributed by atoms with Gasteiger partial charge in [-0.25, -0.2) is 0 Å². The Hall–Kier alpha value is -2.47. The number of carbonyl (C=O) groups is 2. The Kier molecular flexibility index (Phi) is 6.09. The lowest BCUT2D eigenvalue weighted by Crippen LogP contribution is -2.41. The maximum absolute atomic E-state index is 12.4. The number of nitrogens with one attached hydrogen (secondary N) is 1. The molecule has 29 heavy (non-hydrogen) atoms. The molecule has 0 spiro atoms. The molecule has 1 aromatic heterocycles. The molecule has 154 valence electrons. The van der Waals surface area contributed by atoms with E-state index < -0.39 is 0 Å². The number of furan rings is 1. The van der Waals surface area contributed by atoms with Crippen molar-refractivity contribution in [2.75, 3.05) is 13.1 Å². The summed E-state index contributed by atoms with van der Waals surface area (Å²) in [7, 11) is 0. The van der Waals surface area contributed by atoms with Crippen LogP contribution < -0.4 is 10.1 Å². The smallest absolute Gasteiger partial charge is 0.289 e. The molecule has 1 saturated heterocycles. The van der Waals surface area contributed by atoms with Gasteiger partial charge in [0.05, 0.1) is 11.3 Å². The van der Waals surface area contributed by atoms with E-state index in [4.69, 9.17) is 20.8 Å². The minimum Gasteiger partial charge on any atom is -0.489 e. The molecular weight excluding hydrogens is 392 g/mol. The maximum atomic E-state index is 12.4. The van der Waals surface area contributed by atoms with Crippen LogP contribution in [0.4, 0.5) is 0 Å². The number of benzene rings is 1. The van der Waals surface area contributed by atoms with Crippen LogP contribution in [0.15, 0.2) is 41.0 Å². The van der Waals surface area contributed by atoms with E-state index in [1.165, 1.54) is 19.1 Å². The number of amides is 2. The summed E-state index contributed by atoms with van der Waals surface area (Å²) in [6.07, 6.45) is 7.34. The summed E-state index contributed by atoms with van der Waals surface area (Å²) in [5.41, 5.74) is 0.549. The van der Waals surface area contributed by atoms with Crippen LogP contribution in [0.5, 0.6) is 5.75 Å². The second-order valence-corrected chi connectivity index (χ2v) is 8.09. The lowest BCUT2D eigenvalue weighted by atomic mass is 10.1. The first-order chi connectivity index (χ1) is 14.1. The van der Waals surface area contributed by atoms with Crippen molar-refractivity contribution < 1.29 is 18.7 Å². The molecule has 4 rings (SSSR count). The number of hydrogen-bond acceptors (Lipinski definition) is 4. The first-order valence-electron chi connectivity index (χ1n) is 10.2. The summed E-state index contributed by atoms with van der Waals surface area (Å²) in [5.74, 6) is 0.748. The average Bonchev–Trinajstić information content (AvgIpc) is 3.44. The van der Waals surface area contributed by atoms with E-state index in [0.717, 1.165) is 12.8 Å². The topological polar surface area (TPSA) is 71.8 Å². The number of nitrogens with zero attached hydrogens (tertiary/aromatic N) is 1. The molecule has 1 N–H and O–H groups in total. The van der Waals surface area contributed by atoms with Crippen molar-refractivity contribution in [3.63, 3.8) is 0 Å². The Morgan fingerprint density at radius 3 is 2.52 bits per heavy atom. The number of carbonyl (C=O) groups excluding carboxylic acids is 2. The molecule has 1 aliphatic heterocycles. The van der Waals surface area contributed by atoms with Gasteiger partial charge in [-0.3, -0.25) is 9.59 Å². The van der Waals surface area contributed by atoms with Crippen molar-refractivity contribution in [1.82, 2.24) is 10.2 Å². The fourth-order valence-corrected chi connectivity index (χ4v) is 4.21. The molecule has 1 aliphatic carbocycles. The standard InChI is InChI=1S/C22H25ClN2O4/c23-18-14-15(21(26)24-16-4-1-2-5-16)7-8-19(18)29-17-9-11-25(12-10-17)22(27)20-6-3-13-28-20/h3,6-8,13-14,16-17H,1-2,4-5,9-12H2,(H,24,26). The van der Waals surface area contributed by atoms with Gasteiger partial charge in [-0.05, 0) is 43.2 Å². The summed E-state index contributed by atoms with van der Waals surface area (Å²) in [4.78, 5) is 26.5. The van der Waals surface area contributed by atoms with E-state index >= 15 is 0 Å². The lowest BCUT2D eigenvalue weighted by molar-refractivity contribution is 0.0567. The van der Waals surface area contributed by atoms with Crippen molar-refractivity contribution in [3.8, 4) is 5.75 Å². The average molecular weight is 417 g/mol. The van der Waals surface area contributed by atoms with E-state index in [1.54, 1.807) is 35.2 Å². The first-order valence-corrected chi connectivity index (χ1v) is 10.6. The minimum absolute atomic E-state index is 0.0219. The van der Waals surface area contributed by atoms with Crippen LogP contribution >= 0.6 is 11.6 Å². The Labute approximate surface area is 175 Å². The zero-order valence-electron chi connectivity index (χ0n) is 16.2. The predicted octanol–water partition coefficient (Wildman–Crippen LogP) is 4.29. The first kappa shape index (κ1) is 19.8. The second-order valence-electron chi connectivity index (χ2n) is 7.69. The van der Waals surface area contributed by atoms with Gasteiger partial charge in [0.15, 0.2) is 5.76 Å². The Morgan fingerprint density at radius 2 is 1.86 bits per heavy atom. The molecule has 6 nitrogen and oxygen atoms in total. The van der Waals surface area contributed by atoms with Gasteiger partial charge < -0.3 is 19.4 Å². The fraction of sp³-hybridized carbons (Fsp3) is 0.455. The van der Waals surface area contributed by atoms with Gasteiger partial charge in [0, 0.05) is 37.5 Å². The summed E-state index contributed by atoms with van der Waals surface area (Å²) in [6.45, 7) is 1.20. The van der Waals surface area contributed by atoms with Crippen molar-refractivity contribution in [1.29, 1.82) is 0 Å². The Balaban J connectivity index is 1.30. The Bertz CT molecular complexity index is 854. The number of hydrogen-bond donors (Lipinski definition) is 1. The van der Waals surface area contributed by atoms with Crippen molar-refractivity contribution in [3.05, 3.63) is 52.9 Å². The molecule has 0 radical (unpaired) electrons. The van der Waals surface area contributed by atoms with Gasteiger partial charge in [-0.15, -0.1) is 0 Å². The molecule has 0 atom stereocenters. The maximum Gasteiger partial charge on any atom is 0.289 e. The monoisotopic (exact) mass is 416 g/mol. The van der Waals surface area contributed by atoms with Gasteiger partial charge in [-0.1, -0.05) is 24.4 Å². The van der Waals surface area contributed by atoms with Crippen molar-refractivity contribution >= 4 is 23.4 Å². The van der Waals surface area contributed by atoms with E-state index in [0.29, 0.717) is 48.0 Å². The van der Waals surface area contributed by atoms with Crippen LogP contribution in [0.1, 0.15) is 59.4 Å². The number of ether oxygens (including phenoxy) is 1. The van der Waals surface area contributed by atoms with Crippen LogP contribution in [0, 0.1) is 0 Å². The molecule has 2 heterocycles. The SMILES string of the molecule is O=C(NC1CCCC1)c1ccc(OC2CCN(C(=O)c3ccco3)CC2)c(Cl)c1. The second kappa shape index (κ2) is 8.91. The van der Waals surface area contributed by atoms with Crippen LogP contribution in [-0.4, -0.2) is 41.9 Å². The quantitative estimate of drug-likeness (QED) is 0.789. The number of halogens is 1. The highest BCUT2D eigenvalue weighted by Crippen LogP contribution is 2.29. The van der Waals surface area contributed by atoms with Crippen molar-refractivity contribution in [2.45, 2.75) is 50.7 Å². The summed E-state index contributed by atoms with van der Waals surface area (Å²) in [5, 5.41) is 3.50. The van der Waals surface area contributed by atoms with Crippen LogP contribution in [0.3, 0.4) is 0 Å². The number of likely N-dealkylation sites (tertiary alicyclic amines) is 1. The fourth-order valence-electron chi connectivity index (χ4n) is 3.99. The molecule has 0 unspecified atom stereocenters. The highest BCUT2D eigenvalue weighted by atomic mass is 35.5. The molecule has 2 amide bonds. The molecule has 2 aliphatic rings. The van der Waals surface area contributed by atoms with Crippen molar-refractivity contribution in [2.24, 2.45) is 0 Å². The van der Waals surface area contributed by atoms with Gasteiger partial charge >= 0.3 is 0 Å². The van der Waals surface area contributed by atoms with Gasteiger partial charge in [0.25, 0.3) is 11.8 Å². The molecule has 1 saturated carbocycles. The minimum atomic E-state index is -0.0934. The molecule has 1 aromatic carbocycles. The largest absolute Gasteiger partial charge is 0.489 e. The highest BCUT2D eigenvalue weighted by molar-refractivity contribution is 6.32.